The summed E-state index contributed by atoms with van der Waals surface area (Å²) in [6, 6.07) is 27.5. The van der Waals surface area contributed by atoms with Crippen LogP contribution in [0.2, 0.25) is 0 Å². The Bertz CT molecular complexity index is 2310. The molecular formula is C46H54N6O7. The number of nitrogens with one attached hydrogen (secondary N) is 4. The van der Waals surface area contributed by atoms with E-state index in [0.29, 0.717) is 62.0 Å². The minimum Gasteiger partial charge on any atom is -0.506 e. The Hall–Kier alpha value is -6.02. The predicted octanol–water partition coefficient (Wildman–Crippen LogP) is 6.62. The number of ether oxygens (including phenoxy) is 1. The van der Waals surface area contributed by atoms with Crippen molar-refractivity contribution in [2.75, 3.05) is 50.4 Å². The number of rotatable bonds is 16. The SMILES string of the molecule is Cc1cc(NC(=O)CCCN(C)C(=O)CCN2CCC(OC(=O)Nc3ccccc3-c3ccccc3)CC2)c(C)cc1CNCC(O)c1ccc(O)c2[nH]c(=O)ccc12. The lowest BCUT2D eigenvalue weighted by atomic mass is 10.0. The topological polar surface area (TPSA) is 176 Å². The molecule has 1 aliphatic heterocycles. The average Bonchev–Trinajstić information content (AvgIpc) is 3.22. The monoisotopic (exact) mass is 802 g/mol. The van der Waals surface area contributed by atoms with Crippen molar-refractivity contribution in [3.05, 3.63) is 124 Å². The number of para-hydroxylation sites is 1. The Kier molecular flexibility index (Phi) is 14.5. The van der Waals surface area contributed by atoms with Gasteiger partial charge >= 0.3 is 6.09 Å². The molecule has 1 atom stereocenters. The van der Waals surface area contributed by atoms with E-state index in [1.54, 1.807) is 24.1 Å². The predicted molar refractivity (Wildman–Crippen MR) is 230 cm³/mol. The van der Waals surface area contributed by atoms with Crippen molar-refractivity contribution >= 4 is 40.2 Å². The van der Waals surface area contributed by atoms with Crippen molar-refractivity contribution in [2.45, 2.75) is 64.7 Å². The first-order valence-corrected chi connectivity index (χ1v) is 20.2. The number of phenolic OH excluding ortho intramolecular Hbond substituents is 1. The minimum absolute atomic E-state index is 0.0242. The average molecular weight is 803 g/mol. The molecule has 1 saturated heterocycles. The van der Waals surface area contributed by atoms with E-state index in [1.165, 1.54) is 12.1 Å². The number of aromatic amines is 1. The number of aliphatic hydroxyl groups excluding tert-OH is 1. The van der Waals surface area contributed by atoms with Gasteiger partial charge in [-0.1, -0.05) is 60.7 Å². The summed E-state index contributed by atoms with van der Waals surface area (Å²) in [6.07, 6.45) is 1.03. The number of aromatic nitrogens is 1. The number of hydrogen-bond acceptors (Lipinski definition) is 9. The third-order valence-electron chi connectivity index (χ3n) is 10.9. The molecule has 310 valence electrons. The lowest BCUT2D eigenvalue weighted by molar-refractivity contribution is -0.130. The van der Waals surface area contributed by atoms with Gasteiger partial charge in [-0.05, 0) is 85.2 Å². The lowest BCUT2D eigenvalue weighted by Gasteiger charge is -2.31. The van der Waals surface area contributed by atoms with Crippen LogP contribution in [0.3, 0.4) is 0 Å². The zero-order valence-electron chi connectivity index (χ0n) is 33.9. The van der Waals surface area contributed by atoms with Gasteiger partial charge in [0.15, 0.2) is 0 Å². The van der Waals surface area contributed by atoms with Crippen molar-refractivity contribution in [1.82, 2.24) is 20.1 Å². The largest absolute Gasteiger partial charge is 0.506 e. The second-order valence-corrected chi connectivity index (χ2v) is 15.2. The Morgan fingerprint density at radius 2 is 1.64 bits per heavy atom. The van der Waals surface area contributed by atoms with Crippen molar-refractivity contribution < 1.29 is 29.3 Å². The number of H-pyrrole nitrogens is 1. The molecule has 6 N–H and O–H groups in total. The van der Waals surface area contributed by atoms with Crippen LogP contribution in [0.15, 0.2) is 95.8 Å². The van der Waals surface area contributed by atoms with Crippen molar-refractivity contribution in [3.63, 3.8) is 0 Å². The number of carbonyl (C=O) groups is 3. The molecule has 1 unspecified atom stereocenters. The number of piperidine rings is 1. The fourth-order valence-corrected chi connectivity index (χ4v) is 7.47. The Labute approximate surface area is 344 Å². The van der Waals surface area contributed by atoms with E-state index in [-0.39, 0.29) is 47.7 Å². The van der Waals surface area contributed by atoms with Gasteiger partial charge in [0.1, 0.15) is 11.9 Å². The fraction of sp³-hybridized carbons (Fsp3) is 0.348. The Morgan fingerprint density at radius 1 is 0.898 bits per heavy atom. The maximum atomic E-state index is 12.9. The zero-order chi connectivity index (χ0) is 41.9. The van der Waals surface area contributed by atoms with Crippen LogP contribution < -0.4 is 21.5 Å². The van der Waals surface area contributed by atoms with E-state index in [0.717, 1.165) is 46.6 Å². The van der Waals surface area contributed by atoms with Gasteiger partial charge in [-0.3, -0.25) is 19.7 Å². The van der Waals surface area contributed by atoms with E-state index in [2.05, 4.69) is 25.8 Å². The smallest absolute Gasteiger partial charge is 0.411 e. The highest BCUT2D eigenvalue weighted by atomic mass is 16.6. The summed E-state index contributed by atoms with van der Waals surface area (Å²) in [6.45, 7) is 7.20. The molecule has 1 fully saturated rings. The molecule has 5 aromatic rings. The summed E-state index contributed by atoms with van der Waals surface area (Å²) in [4.78, 5) is 56.8. The maximum absolute atomic E-state index is 12.9. The third-order valence-corrected chi connectivity index (χ3v) is 10.9. The maximum Gasteiger partial charge on any atom is 0.411 e. The summed E-state index contributed by atoms with van der Waals surface area (Å²) < 4.78 is 5.76. The van der Waals surface area contributed by atoms with Crippen LogP contribution in [-0.2, 0) is 20.9 Å². The lowest BCUT2D eigenvalue weighted by Crippen LogP contribution is -2.40. The first kappa shape index (κ1) is 42.6. The molecule has 13 nitrogen and oxygen atoms in total. The number of aryl methyl sites for hydroxylation is 2. The first-order chi connectivity index (χ1) is 28.4. The number of aromatic hydroxyl groups is 1. The van der Waals surface area contributed by atoms with E-state index in [9.17, 15) is 29.4 Å². The van der Waals surface area contributed by atoms with Gasteiger partial charge in [-0.25, -0.2) is 4.79 Å². The summed E-state index contributed by atoms with van der Waals surface area (Å²) in [5, 5.41) is 30.9. The van der Waals surface area contributed by atoms with Crippen molar-refractivity contribution in [2.24, 2.45) is 0 Å². The number of fused-ring (bicyclic) bond motifs is 1. The standard InChI is InChI=1S/C46H54N6O7/c1-30-27-39(31(2)26-33(30)28-47-29-41(54)36-15-17-40(53)45-37(36)16-18-43(56)50-45)48-42(55)14-9-22-51(3)44(57)21-25-52-23-19-34(20-24-52)59-46(58)49-38-13-8-7-12-35(38)32-10-5-4-6-11-32/h4-8,10-13,15-18,26-27,34,41,47,53-54H,9,14,19-25,28-29H2,1-3H3,(H,48,55)(H,49,58)(H,50,56). The van der Waals surface area contributed by atoms with Gasteiger partial charge in [0.05, 0.1) is 17.3 Å². The molecule has 0 aliphatic carbocycles. The Balaban J connectivity index is 0.863. The third kappa shape index (κ3) is 11.6. The van der Waals surface area contributed by atoms with Gasteiger partial charge in [-0.15, -0.1) is 0 Å². The molecule has 3 amide bonds. The summed E-state index contributed by atoms with van der Waals surface area (Å²) >= 11 is 0. The molecule has 0 saturated carbocycles. The number of pyridine rings is 1. The second kappa shape index (κ2) is 20.1. The summed E-state index contributed by atoms with van der Waals surface area (Å²) in [5.41, 5.74) is 6.82. The molecule has 6 rings (SSSR count). The summed E-state index contributed by atoms with van der Waals surface area (Å²) in [7, 11) is 1.77. The molecule has 13 heteroatoms. The van der Waals surface area contributed by atoms with Gasteiger partial charge in [0.2, 0.25) is 17.4 Å². The highest BCUT2D eigenvalue weighted by Crippen LogP contribution is 2.30. The van der Waals surface area contributed by atoms with Crippen LogP contribution >= 0.6 is 0 Å². The first-order valence-electron chi connectivity index (χ1n) is 20.2. The number of likely N-dealkylation sites (tertiary alicyclic amines) is 1. The van der Waals surface area contributed by atoms with Gasteiger partial charge in [-0.2, -0.15) is 0 Å². The molecule has 1 aliphatic rings. The second-order valence-electron chi connectivity index (χ2n) is 15.2. The molecule has 0 spiro atoms. The molecule has 59 heavy (non-hydrogen) atoms. The van der Waals surface area contributed by atoms with E-state index in [4.69, 9.17) is 4.74 Å². The number of anilines is 2. The highest BCUT2D eigenvalue weighted by molar-refractivity contribution is 5.92. The van der Waals surface area contributed by atoms with Gasteiger partial charge in [0.25, 0.3) is 0 Å². The molecule has 0 radical (unpaired) electrons. The molecule has 1 aromatic heterocycles. The fourth-order valence-electron chi connectivity index (χ4n) is 7.47. The van der Waals surface area contributed by atoms with Crippen LogP contribution in [0.25, 0.3) is 22.0 Å². The molecular weight excluding hydrogens is 749 g/mol. The number of hydrogen-bond donors (Lipinski definition) is 6. The van der Waals surface area contributed by atoms with Crippen LogP contribution in [0, 0.1) is 13.8 Å². The number of amides is 3. The van der Waals surface area contributed by atoms with E-state index < -0.39 is 12.2 Å². The highest BCUT2D eigenvalue weighted by Gasteiger charge is 2.24. The molecule has 4 aromatic carbocycles. The molecule has 2 heterocycles. The van der Waals surface area contributed by atoms with Crippen molar-refractivity contribution in [3.8, 4) is 16.9 Å². The van der Waals surface area contributed by atoms with Crippen LogP contribution in [0.1, 0.15) is 60.5 Å². The van der Waals surface area contributed by atoms with Crippen molar-refractivity contribution in [1.29, 1.82) is 0 Å². The minimum atomic E-state index is -0.875. The molecule has 0 bridgehead atoms. The normalized spacial score (nSPS) is 13.8. The summed E-state index contributed by atoms with van der Waals surface area (Å²) in [5.74, 6) is -0.156. The van der Waals surface area contributed by atoms with E-state index in [1.807, 2.05) is 80.6 Å². The Morgan fingerprint density at radius 3 is 2.42 bits per heavy atom. The van der Waals surface area contributed by atoms with E-state index >= 15 is 0 Å². The number of phenols is 1. The van der Waals surface area contributed by atoms with Crippen LogP contribution in [0.4, 0.5) is 16.2 Å². The number of benzene rings is 4. The van der Waals surface area contributed by atoms with Crippen LogP contribution in [-0.4, -0.2) is 88.8 Å². The number of nitrogens with zero attached hydrogens (tertiary/aromatic N) is 2. The van der Waals surface area contributed by atoms with Crippen LogP contribution in [0.5, 0.6) is 5.75 Å². The van der Waals surface area contributed by atoms with Gasteiger partial charge in [0, 0.05) is 81.9 Å². The number of aliphatic hydroxyl groups is 1. The quantitative estimate of drug-likeness (QED) is 0.0641. The van der Waals surface area contributed by atoms with Gasteiger partial charge < -0.3 is 40.4 Å². The number of carbonyl (C=O) groups excluding carboxylic acids is 3. The zero-order valence-corrected chi connectivity index (χ0v) is 33.9.